The van der Waals surface area contributed by atoms with Gasteiger partial charge in [0.05, 0.1) is 0 Å². The standard InChI is InChI=1S/C15H21F4NO/c1-2-7-20-11(6-8-21-10-15(18)19)9-12-13(16)4-3-5-14(12)17/h3-5,11,15,20H,2,6-10H2,1H3. The van der Waals surface area contributed by atoms with Crippen molar-refractivity contribution in [2.45, 2.75) is 38.7 Å². The van der Waals surface area contributed by atoms with Crippen molar-refractivity contribution in [1.29, 1.82) is 0 Å². The molecule has 1 unspecified atom stereocenters. The third kappa shape index (κ3) is 6.91. The van der Waals surface area contributed by atoms with Crippen molar-refractivity contribution in [3.05, 3.63) is 35.4 Å². The maximum absolute atomic E-state index is 13.6. The molecule has 0 aliphatic rings. The van der Waals surface area contributed by atoms with Crippen molar-refractivity contribution in [2.24, 2.45) is 0 Å². The number of alkyl halides is 2. The van der Waals surface area contributed by atoms with Crippen LogP contribution in [0.15, 0.2) is 18.2 Å². The van der Waals surface area contributed by atoms with Crippen molar-refractivity contribution in [2.75, 3.05) is 19.8 Å². The van der Waals surface area contributed by atoms with Gasteiger partial charge in [-0.15, -0.1) is 0 Å². The minimum Gasteiger partial charge on any atom is -0.375 e. The molecule has 0 fully saturated rings. The van der Waals surface area contributed by atoms with E-state index in [9.17, 15) is 17.6 Å². The zero-order valence-corrected chi connectivity index (χ0v) is 12.0. The summed E-state index contributed by atoms with van der Waals surface area (Å²) in [6.45, 7) is 2.17. The molecule has 120 valence electrons. The molecule has 1 aromatic rings. The molecule has 6 heteroatoms. The van der Waals surface area contributed by atoms with Crippen molar-refractivity contribution in [3.8, 4) is 0 Å². The SMILES string of the molecule is CCCNC(CCOCC(F)F)Cc1c(F)cccc1F. The van der Waals surface area contributed by atoms with Crippen LogP contribution in [0.4, 0.5) is 17.6 Å². The minimum absolute atomic E-state index is 0.0139. The molecule has 0 heterocycles. The van der Waals surface area contributed by atoms with E-state index in [1.54, 1.807) is 0 Å². The fourth-order valence-electron chi connectivity index (χ4n) is 2.00. The first kappa shape index (κ1) is 17.9. The predicted molar refractivity (Wildman–Crippen MR) is 73.6 cm³/mol. The summed E-state index contributed by atoms with van der Waals surface area (Å²) in [7, 11) is 0. The van der Waals surface area contributed by atoms with Gasteiger partial charge < -0.3 is 10.1 Å². The highest BCUT2D eigenvalue weighted by Gasteiger charge is 2.15. The fraction of sp³-hybridized carbons (Fsp3) is 0.600. The van der Waals surface area contributed by atoms with Gasteiger partial charge in [-0.2, -0.15) is 0 Å². The number of ether oxygens (including phenoxy) is 1. The van der Waals surface area contributed by atoms with E-state index >= 15 is 0 Å². The molecule has 0 saturated carbocycles. The van der Waals surface area contributed by atoms with Gasteiger partial charge in [0.2, 0.25) is 0 Å². The zero-order chi connectivity index (χ0) is 15.7. The Kier molecular flexibility index (Phi) is 8.30. The van der Waals surface area contributed by atoms with E-state index in [1.165, 1.54) is 18.2 Å². The van der Waals surface area contributed by atoms with Crippen molar-refractivity contribution >= 4 is 0 Å². The first-order valence-electron chi connectivity index (χ1n) is 7.06. The van der Waals surface area contributed by atoms with E-state index in [4.69, 9.17) is 4.74 Å². The van der Waals surface area contributed by atoms with Crippen molar-refractivity contribution in [3.63, 3.8) is 0 Å². The second-order valence-electron chi connectivity index (χ2n) is 4.81. The Morgan fingerprint density at radius 2 is 1.86 bits per heavy atom. The Bertz CT molecular complexity index is 394. The van der Waals surface area contributed by atoms with Crippen LogP contribution in [0, 0.1) is 11.6 Å². The first-order valence-corrected chi connectivity index (χ1v) is 7.06. The topological polar surface area (TPSA) is 21.3 Å². The van der Waals surface area contributed by atoms with E-state index in [1.807, 2.05) is 6.92 Å². The molecule has 0 saturated heterocycles. The lowest BCUT2D eigenvalue weighted by Gasteiger charge is -2.19. The molecule has 2 nitrogen and oxygen atoms in total. The quantitative estimate of drug-likeness (QED) is 0.527. The van der Waals surface area contributed by atoms with E-state index in [0.29, 0.717) is 13.0 Å². The summed E-state index contributed by atoms with van der Waals surface area (Å²) in [6, 6.07) is 3.52. The van der Waals surface area contributed by atoms with Gasteiger partial charge in [-0.1, -0.05) is 13.0 Å². The van der Waals surface area contributed by atoms with Crippen molar-refractivity contribution in [1.82, 2.24) is 5.32 Å². The van der Waals surface area contributed by atoms with Gasteiger partial charge in [0, 0.05) is 18.2 Å². The average Bonchev–Trinajstić information content (AvgIpc) is 2.43. The lowest BCUT2D eigenvalue weighted by atomic mass is 10.0. The molecule has 21 heavy (non-hydrogen) atoms. The summed E-state index contributed by atoms with van der Waals surface area (Å²) in [4.78, 5) is 0. The molecule has 1 rings (SSSR count). The molecular weight excluding hydrogens is 286 g/mol. The largest absolute Gasteiger partial charge is 0.375 e. The molecule has 0 aliphatic heterocycles. The average molecular weight is 307 g/mol. The van der Waals surface area contributed by atoms with Crippen LogP contribution in [-0.4, -0.2) is 32.2 Å². The maximum atomic E-state index is 13.6. The number of halogens is 4. The van der Waals surface area contributed by atoms with Crippen LogP contribution in [0.5, 0.6) is 0 Å². The fourth-order valence-corrected chi connectivity index (χ4v) is 2.00. The van der Waals surface area contributed by atoms with Crippen LogP contribution >= 0.6 is 0 Å². The van der Waals surface area contributed by atoms with Crippen LogP contribution in [0.1, 0.15) is 25.3 Å². The third-order valence-corrected chi connectivity index (χ3v) is 3.05. The first-order chi connectivity index (χ1) is 10.0. The Balaban J connectivity index is 2.56. The van der Waals surface area contributed by atoms with Crippen LogP contribution in [0.2, 0.25) is 0 Å². The summed E-state index contributed by atoms with van der Waals surface area (Å²) in [5.41, 5.74) is 0.0139. The lowest BCUT2D eigenvalue weighted by Crippen LogP contribution is -2.33. The maximum Gasteiger partial charge on any atom is 0.261 e. The van der Waals surface area contributed by atoms with Gasteiger partial charge in [-0.05, 0) is 37.9 Å². The Morgan fingerprint density at radius 3 is 2.43 bits per heavy atom. The number of benzene rings is 1. The second-order valence-corrected chi connectivity index (χ2v) is 4.81. The molecule has 0 radical (unpaired) electrons. The van der Waals surface area contributed by atoms with E-state index in [0.717, 1.165) is 6.42 Å². The number of hydrogen-bond donors (Lipinski definition) is 1. The monoisotopic (exact) mass is 307 g/mol. The van der Waals surface area contributed by atoms with E-state index in [-0.39, 0.29) is 24.6 Å². The Morgan fingerprint density at radius 1 is 1.19 bits per heavy atom. The van der Waals surface area contributed by atoms with Gasteiger partial charge in [0.1, 0.15) is 18.2 Å². The van der Waals surface area contributed by atoms with E-state index in [2.05, 4.69) is 5.32 Å². The highest BCUT2D eigenvalue weighted by molar-refractivity contribution is 5.20. The van der Waals surface area contributed by atoms with Crippen molar-refractivity contribution < 1.29 is 22.3 Å². The normalized spacial score (nSPS) is 12.9. The summed E-state index contributed by atoms with van der Waals surface area (Å²) in [5.74, 6) is -1.18. The lowest BCUT2D eigenvalue weighted by molar-refractivity contribution is 0.0144. The molecule has 1 N–H and O–H groups in total. The smallest absolute Gasteiger partial charge is 0.261 e. The highest BCUT2D eigenvalue weighted by Crippen LogP contribution is 2.15. The minimum atomic E-state index is -2.50. The summed E-state index contributed by atoms with van der Waals surface area (Å²) in [5, 5.41) is 3.16. The molecule has 0 aromatic heterocycles. The molecular formula is C15H21F4NO. The van der Waals surface area contributed by atoms with Crippen LogP contribution in [0.25, 0.3) is 0 Å². The summed E-state index contributed by atoms with van der Waals surface area (Å²) < 4.78 is 56.0. The Hall–Kier alpha value is -1.14. The Labute approximate surface area is 122 Å². The second kappa shape index (κ2) is 9.73. The van der Waals surface area contributed by atoms with Crippen LogP contribution < -0.4 is 5.32 Å². The highest BCUT2D eigenvalue weighted by atomic mass is 19.3. The van der Waals surface area contributed by atoms with Gasteiger partial charge >= 0.3 is 0 Å². The third-order valence-electron chi connectivity index (χ3n) is 3.05. The molecule has 1 aromatic carbocycles. The van der Waals surface area contributed by atoms with Gasteiger partial charge in [0.25, 0.3) is 6.43 Å². The van der Waals surface area contributed by atoms with Gasteiger partial charge in [-0.25, -0.2) is 17.6 Å². The molecule has 0 spiro atoms. The van der Waals surface area contributed by atoms with Crippen LogP contribution in [-0.2, 0) is 11.2 Å². The zero-order valence-electron chi connectivity index (χ0n) is 12.0. The molecule has 0 bridgehead atoms. The molecule has 0 aliphatic carbocycles. The summed E-state index contributed by atoms with van der Waals surface area (Å²) >= 11 is 0. The predicted octanol–water partition coefficient (Wildman–Crippen LogP) is 3.55. The summed E-state index contributed by atoms with van der Waals surface area (Å²) in [6.07, 6.45) is -1.05. The van der Waals surface area contributed by atoms with Crippen LogP contribution in [0.3, 0.4) is 0 Å². The molecule has 1 atom stereocenters. The van der Waals surface area contributed by atoms with Gasteiger partial charge in [-0.3, -0.25) is 0 Å². The van der Waals surface area contributed by atoms with Gasteiger partial charge in [0.15, 0.2) is 0 Å². The number of rotatable bonds is 10. The molecule has 0 amide bonds. The van der Waals surface area contributed by atoms with E-state index < -0.39 is 24.7 Å². The number of hydrogen-bond acceptors (Lipinski definition) is 2. The number of nitrogens with one attached hydrogen (secondary N) is 1.